The molecule has 0 radical (unpaired) electrons. The maximum atomic E-state index is 11.8. The largest absolute Gasteiger partial charge is 0.367 e. The molecule has 0 atom stereocenters. The number of nitrogens with one attached hydrogen (secondary N) is 1. The number of amides is 1. The second kappa shape index (κ2) is 9.15. The molecule has 1 saturated heterocycles. The fraction of sp³-hybridized carbons (Fsp3) is 0.588. The summed E-state index contributed by atoms with van der Waals surface area (Å²) < 4.78 is 30.6. The predicted molar refractivity (Wildman–Crippen MR) is 92.9 cm³/mol. The first-order valence-electron chi connectivity index (χ1n) is 8.37. The van der Waals surface area contributed by atoms with Crippen molar-refractivity contribution in [1.29, 1.82) is 0 Å². The van der Waals surface area contributed by atoms with Crippen molar-refractivity contribution >= 4 is 15.9 Å². The summed E-state index contributed by atoms with van der Waals surface area (Å²) in [6, 6.07) is 9.72. The molecular formula is C17H26N2O4S. The zero-order chi connectivity index (χ0) is 17.4. The number of carbonyl (C=O) groups is 1. The van der Waals surface area contributed by atoms with Gasteiger partial charge in [0.25, 0.3) is 0 Å². The van der Waals surface area contributed by atoms with Crippen LogP contribution < -0.4 is 5.32 Å². The van der Waals surface area contributed by atoms with Crippen LogP contribution in [0.2, 0.25) is 0 Å². The average Bonchev–Trinajstić information content (AvgIpc) is 2.61. The Hall–Kier alpha value is -1.44. The molecule has 1 aliphatic rings. The van der Waals surface area contributed by atoms with Gasteiger partial charge >= 0.3 is 0 Å². The number of hydrogen-bond donors (Lipinski definition) is 1. The van der Waals surface area contributed by atoms with Gasteiger partial charge in [-0.15, -0.1) is 0 Å². The molecule has 2 rings (SSSR count). The monoisotopic (exact) mass is 354 g/mol. The first kappa shape index (κ1) is 18.9. The summed E-state index contributed by atoms with van der Waals surface area (Å²) in [5.41, 5.74) is 1.04. The molecule has 0 aliphatic carbocycles. The minimum Gasteiger partial charge on any atom is -0.367 e. The van der Waals surface area contributed by atoms with Crippen molar-refractivity contribution in [2.75, 3.05) is 32.0 Å². The Morgan fingerprint density at radius 3 is 2.54 bits per heavy atom. The van der Waals surface area contributed by atoms with Gasteiger partial charge in [-0.05, 0) is 31.2 Å². The van der Waals surface area contributed by atoms with E-state index in [1.165, 1.54) is 0 Å². The number of nitrogens with zero attached hydrogens (tertiary/aromatic N) is 1. The quantitative estimate of drug-likeness (QED) is 0.765. The molecule has 0 saturated carbocycles. The maximum Gasteiger partial charge on any atom is 0.246 e. The van der Waals surface area contributed by atoms with E-state index in [9.17, 15) is 13.2 Å². The Bertz CT molecular complexity index is 611. The second-order valence-electron chi connectivity index (χ2n) is 6.03. The van der Waals surface area contributed by atoms with Crippen molar-refractivity contribution in [3.63, 3.8) is 0 Å². The molecule has 0 aromatic heterocycles. The highest BCUT2D eigenvalue weighted by molar-refractivity contribution is 7.89. The van der Waals surface area contributed by atoms with E-state index in [0.29, 0.717) is 32.2 Å². The molecule has 7 heteroatoms. The van der Waals surface area contributed by atoms with Gasteiger partial charge in [-0.3, -0.25) is 4.79 Å². The molecule has 6 nitrogen and oxygen atoms in total. The van der Waals surface area contributed by atoms with Crippen LogP contribution in [0.3, 0.4) is 0 Å². The van der Waals surface area contributed by atoms with Crippen LogP contribution in [0.4, 0.5) is 0 Å². The van der Waals surface area contributed by atoms with E-state index < -0.39 is 10.0 Å². The van der Waals surface area contributed by atoms with E-state index in [1.54, 1.807) is 11.2 Å². The van der Waals surface area contributed by atoms with Gasteiger partial charge in [-0.25, -0.2) is 12.7 Å². The van der Waals surface area contributed by atoms with Gasteiger partial charge in [0.1, 0.15) is 6.61 Å². The van der Waals surface area contributed by atoms with Gasteiger partial charge in [-0.2, -0.15) is 0 Å². The van der Waals surface area contributed by atoms with Crippen molar-refractivity contribution in [1.82, 2.24) is 9.62 Å². The van der Waals surface area contributed by atoms with Crippen LogP contribution in [-0.2, 0) is 26.2 Å². The third kappa shape index (κ3) is 5.89. The SMILES string of the molecule is CCS(=O)(=O)N1CCC(CNC(=O)COCc2ccccc2)CC1. The summed E-state index contributed by atoms with van der Waals surface area (Å²) in [6.07, 6.45) is 1.56. The summed E-state index contributed by atoms with van der Waals surface area (Å²) in [4.78, 5) is 11.8. The van der Waals surface area contributed by atoms with E-state index in [0.717, 1.165) is 18.4 Å². The smallest absolute Gasteiger partial charge is 0.246 e. The number of hydrogen-bond acceptors (Lipinski definition) is 4. The van der Waals surface area contributed by atoms with E-state index in [2.05, 4.69) is 5.32 Å². The highest BCUT2D eigenvalue weighted by Crippen LogP contribution is 2.19. The number of carbonyl (C=O) groups excluding carboxylic acids is 1. The van der Waals surface area contributed by atoms with Crippen molar-refractivity contribution in [3.05, 3.63) is 35.9 Å². The Kier molecular flexibility index (Phi) is 7.20. The van der Waals surface area contributed by atoms with Gasteiger partial charge in [0.15, 0.2) is 0 Å². The van der Waals surface area contributed by atoms with E-state index in [1.807, 2.05) is 30.3 Å². The number of ether oxygens (including phenoxy) is 1. The zero-order valence-corrected chi connectivity index (χ0v) is 14.9. The lowest BCUT2D eigenvalue weighted by atomic mass is 9.98. The topological polar surface area (TPSA) is 75.7 Å². The van der Waals surface area contributed by atoms with Gasteiger partial charge in [0, 0.05) is 19.6 Å². The number of benzene rings is 1. The molecule has 1 amide bonds. The highest BCUT2D eigenvalue weighted by Gasteiger charge is 2.26. The molecule has 24 heavy (non-hydrogen) atoms. The molecule has 1 aromatic rings. The van der Waals surface area contributed by atoms with E-state index >= 15 is 0 Å². The molecule has 0 unspecified atom stereocenters. The third-order valence-electron chi connectivity index (χ3n) is 4.26. The molecule has 1 fully saturated rings. The zero-order valence-electron chi connectivity index (χ0n) is 14.1. The van der Waals surface area contributed by atoms with Gasteiger partial charge in [-0.1, -0.05) is 30.3 Å². The van der Waals surface area contributed by atoms with Crippen LogP contribution in [0.1, 0.15) is 25.3 Å². The number of rotatable bonds is 8. The summed E-state index contributed by atoms with van der Waals surface area (Å²) >= 11 is 0. The summed E-state index contributed by atoms with van der Waals surface area (Å²) in [7, 11) is -3.09. The highest BCUT2D eigenvalue weighted by atomic mass is 32.2. The Labute approximate surface area is 144 Å². The first-order valence-corrected chi connectivity index (χ1v) is 9.98. The van der Waals surface area contributed by atoms with Crippen LogP contribution >= 0.6 is 0 Å². The minimum atomic E-state index is -3.09. The van der Waals surface area contributed by atoms with E-state index in [-0.39, 0.29) is 18.3 Å². The Morgan fingerprint density at radius 2 is 1.92 bits per heavy atom. The summed E-state index contributed by atoms with van der Waals surface area (Å²) in [5, 5.41) is 2.87. The first-order chi connectivity index (χ1) is 11.5. The van der Waals surface area contributed by atoms with Crippen LogP contribution in [0, 0.1) is 5.92 Å². The van der Waals surface area contributed by atoms with Gasteiger partial charge < -0.3 is 10.1 Å². The van der Waals surface area contributed by atoms with Crippen molar-refractivity contribution in [2.45, 2.75) is 26.4 Å². The lowest BCUT2D eigenvalue weighted by Crippen LogP contribution is -2.42. The number of sulfonamides is 1. The summed E-state index contributed by atoms with van der Waals surface area (Å²) in [6.45, 7) is 3.78. The predicted octanol–water partition coefficient (Wildman–Crippen LogP) is 1.38. The molecule has 134 valence electrons. The van der Waals surface area contributed by atoms with Crippen LogP contribution in [-0.4, -0.2) is 50.6 Å². The Balaban J connectivity index is 1.61. The third-order valence-corrected chi connectivity index (χ3v) is 6.15. The minimum absolute atomic E-state index is 0.0396. The van der Waals surface area contributed by atoms with Gasteiger partial charge in [0.05, 0.1) is 12.4 Å². The standard InChI is InChI=1S/C17H26N2O4S/c1-2-24(21,22)19-10-8-15(9-11-19)12-18-17(20)14-23-13-16-6-4-3-5-7-16/h3-7,15H,2,8-14H2,1H3,(H,18,20). The second-order valence-corrected chi connectivity index (χ2v) is 8.28. The molecule has 1 N–H and O–H groups in total. The molecule has 1 heterocycles. The van der Waals surface area contributed by atoms with Crippen LogP contribution in [0.5, 0.6) is 0 Å². The lowest BCUT2D eigenvalue weighted by molar-refractivity contribution is -0.126. The van der Waals surface area contributed by atoms with Crippen molar-refractivity contribution in [3.8, 4) is 0 Å². The average molecular weight is 354 g/mol. The fourth-order valence-electron chi connectivity index (χ4n) is 2.72. The Morgan fingerprint density at radius 1 is 1.25 bits per heavy atom. The molecule has 1 aliphatic heterocycles. The fourth-order valence-corrected chi connectivity index (χ4v) is 3.85. The molecule has 0 bridgehead atoms. The lowest BCUT2D eigenvalue weighted by Gasteiger charge is -2.30. The van der Waals surface area contributed by atoms with Crippen LogP contribution in [0.25, 0.3) is 0 Å². The number of piperidine rings is 1. The summed E-state index contributed by atoms with van der Waals surface area (Å²) in [5.74, 6) is 0.341. The molecule has 1 aromatic carbocycles. The normalized spacial score (nSPS) is 16.9. The van der Waals surface area contributed by atoms with Crippen LogP contribution in [0.15, 0.2) is 30.3 Å². The van der Waals surface area contributed by atoms with Gasteiger partial charge in [0.2, 0.25) is 15.9 Å². The van der Waals surface area contributed by atoms with Crippen molar-refractivity contribution < 1.29 is 17.9 Å². The molecule has 0 spiro atoms. The molecular weight excluding hydrogens is 328 g/mol. The maximum absolute atomic E-state index is 11.8. The van der Waals surface area contributed by atoms with Crippen molar-refractivity contribution in [2.24, 2.45) is 5.92 Å². The van der Waals surface area contributed by atoms with E-state index in [4.69, 9.17) is 4.74 Å².